The lowest BCUT2D eigenvalue weighted by molar-refractivity contribution is 0.134. The third-order valence-corrected chi connectivity index (χ3v) is 1.48. The molecule has 0 saturated heterocycles. The molecule has 11 heavy (non-hydrogen) atoms. The van der Waals surface area contributed by atoms with Crippen LogP contribution >= 0.6 is 0 Å². The van der Waals surface area contributed by atoms with Gasteiger partial charge in [0.15, 0.2) is 0 Å². The minimum Gasteiger partial charge on any atom is -0.466 e. The fraction of sp³-hybridized carbons (Fsp3) is 0.500. The van der Waals surface area contributed by atoms with E-state index in [0.29, 0.717) is 6.61 Å². The highest BCUT2D eigenvalue weighted by atomic mass is 16.6. The largest absolute Gasteiger partial charge is 0.466 e. The fourth-order valence-corrected chi connectivity index (χ4v) is 0.949. The zero-order valence-corrected chi connectivity index (χ0v) is 6.67. The Morgan fingerprint density at radius 1 is 1.55 bits per heavy atom. The van der Waals surface area contributed by atoms with E-state index in [1.807, 2.05) is 19.1 Å². The predicted octanol–water partition coefficient (Wildman–Crippen LogP) is 1.41. The first-order valence-electron chi connectivity index (χ1n) is 3.70. The summed E-state index contributed by atoms with van der Waals surface area (Å²) in [6.07, 6.45) is 1.80. The first-order chi connectivity index (χ1) is 5.33. The van der Waals surface area contributed by atoms with E-state index in [4.69, 9.17) is 10.3 Å². The Balaban J connectivity index is 2.27. The molecule has 0 spiro atoms. The molecule has 2 N–H and O–H groups in total. The van der Waals surface area contributed by atoms with Gasteiger partial charge < -0.3 is 9.25 Å². The Kier molecular flexibility index (Phi) is 3.14. The molecule has 0 aliphatic rings. The highest BCUT2D eigenvalue weighted by molar-refractivity contribution is 5.05. The van der Waals surface area contributed by atoms with Gasteiger partial charge in [-0.1, -0.05) is 0 Å². The third kappa shape index (κ3) is 2.74. The molecular formula is C8H13NO2. The van der Waals surface area contributed by atoms with Crippen LogP contribution in [0.5, 0.6) is 0 Å². The van der Waals surface area contributed by atoms with Gasteiger partial charge >= 0.3 is 0 Å². The number of hydrogen-bond acceptors (Lipinski definition) is 3. The van der Waals surface area contributed by atoms with Gasteiger partial charge in [-0.25, -0.2) is 5.90 Å². The Labute approximate surface area is 66.1 Å². The first-order valence-corrected chi connectivity index (χ1v) is 3.70. The van der Waals surface area contributed by atoms with Gasteiger partial charge in [-0.05, 0) is 25.5 Å². The number of furan rings is 1. The predicted molar refractivity (Wildman–Crippen MR) is 41.9 cm³/mol. The van der Waals surface area contributed by atoms with Crippen LogP contribution in [0.25, 0.3) is 0 Å². The minimum atomic E-state index is 0.583. The van der Waals surface area contributed by atoms with E-state index in [2.05, 4.69) is 4.84 Å². The number of hydrogen-bond donors (Lipinski definition) is 1. The molecular weight excluding hydrogens is 142 g/mol. The molecule has 0 fully saturated rings. The maximum Gasteiger partial charge on any atom is 0.104 e. The maximum atomic E-state index is 5.33. The van der Waals surface area contributed by atoms with E-state index in [1.165, 1.54) is 0 Å². The SMILES string of the molecule is Cc1ccc(CCCON)o1. The van der Waals surface area contributed by atoms with Crippen molar-refractivity contribution in [2.75, 3.05) is 6.61 Å². The number of aryl methyl sites for hydroxylation is 2. The van der Waals surface area contributed by atoms with Gasteiger partial charge in [0, 0.05) is 6.42 Å². The molecule has 1 aromatic heterocycles. The lowest BCUT2D eigenvalue weighted by Crippen LogP contribution is -2.01. The summed E-state index contributed by atoms with van der Waals surface area (Å²) >= 11 is 0. The van der Waals surface area contributed by atoms with Crippen LogP contribution in [0.4, 0.5) is 0 Å². The van der Waals surface area contributed by atoms with E-state index in [9.17, 15) is 0 Å². The standard InChI is InChI=1S/C8H13NO2/c1-7-4-5-8(11-7)3-2-6-10-9/h4-5H,2-3,6,9H2,1H3. The number of rotatable bonds is 4. The maximum absolute atomic E-state index is 5.33. The summed E-state index contributed by atoms with van der Waals surface area (Å²) in [5.74, 6) is 6.82. The molecule has 0 aliphatic heterocycles. The summed E-state index contributed by atoms with van der Waals surface area (Å²) in [5, 5.41) is 0. The second-order valence-corrected chi connectivity index (χ2v) is 2.49. The summed E-state index contributed by atoms with van der Waals surface area (Å²) in [5.41, 5.74) is 0. The zero-order chi connectivity index (χ0) is 8.10. The van der Waals surface area contributed by atoms with E-state index < -0.39 is 0 Å². The van der Waals surface area contributed by atoms with Gasteiger partial charge in [0.05, 0.1) is 6.61 Å². The molecule has 0 aromatic carbocycles. The van der Waals surface area contributed by atoms with Crippen LogP contribution in [-0.2, 0) is 11.3 Å². The Morgan fingerprint density at radius 2 is 2.36 bits per heavy atom. The van der Waals surface area contributed by atoms with Gasteiger partial charge in [-0.3, -0.25) is 0 Å². The van der Waals surface area contributed by atoms with Gasteiger partial charge in [-0.2, -0.15) is 0 Å². The van der Waals surface area contributed by atoms with E-state index >= 15 is 0 Å². The smallest absolute Gasteiger partial charge is 0.104 e. The second-order valence-electron chi connectivity index (χ2n) is 2.49. The molecule has 0 atom stereocenters. The van der Waals surface area contributed by atoms with Crippen molar-refractivity contribution in [1.29, 1.82) is 0 Å². The van der Waals surface area contributed by atoms with Gasteiger partial charge in [0.2, 0.25) is 0 Å². The average Bonchev–Trinajstić information content (AvgIpc) is 2.37. The Bertz CT molecular complexity index is 208. The normalized spacial score (nSPS) is 10.4. The van der Waals surface area contributed by atoms with Gasteiger partial charge in [0.25, 0.3) is 0 Å². The summed E-state index contributed by atoms with van der Waals surface area (Å²) < 4.78 is 5.33. The summed E-state index contributed by atoms with van der Waals surface area (Å²) in [4.78, 5) is 4.43. The zero-order valence-electron chi connectivity index (χ0n) is 6.67. The number of nitrogens with two attached hydrogens (primary N) is 1. The van der Waals surface area contributed by atoms with Gasteiger partial charge in [0.1, 0.15) is 11.5 Å². The van der Waals surface area contributed by atoms with Crippen molar-refractivity contribution in [3.63, 3.8) is 0 Å². The van der Waals surface area contributed by atoms with Crippen molar-refractivity contribution < 1.29 is 9.25 Å². The molecule has 1 aromatic rings. The van der Waals surface area contributed by atoms with Crippen LogP contribution in [0.3, 0.4) is 0 Å². The van der Waals surface area contributed by atoms with Crippen LogP contribution < -0.4 is 5.90 Å². The van der Waals surface area contributed by atoms with Crippen molar-refractivity contribution in [2.24, 2.45) is 5.90 Å². The summed E-state index contributed by atoms with van der Waals surface area (Å²) in [6.45, 7) is 2.52. The monoisotopic (exact) mass is 155 g/mol. The molecule has 0 aliphatic carbocycles. The highest BCUT2D eigenvalue weighted by Crippen LogP contribution is 2.07. The lowest BCUT2D eigenvalue weighted by Gasteiger charge is -1.94. The van der Waals surface area contributed by atoms with Crippen LogP contribution in [0.2, 0.25) is 0 Å². The highest BCUT2D eigenvalue weighted by Gasteiger charge is 1.96. The molecule has 0 unspecified atom stereocenters. The molecule has 3 nitrogen and oxygen atoms in total. The summed E-state index contributed by atoms with van der Waals surface area (Å²) in [7, 11) is 0. The summed E-state index contributed by atoms with van der Waals surface area (Å²) in [6, 6.07) is 3.94. The van der Waals surface area contributed by atoms with Crippen LogP contribution in [0.15, 0.2) is 16.5 Å². The van der Waals surface area contributed by atoms with Crippen molar-refractivity contribution in [3.05, 3.63) is 23.7 Å². The van der Waals surface area contributed by atoms with E-state index in [1.54, 1.807) is 0 Å². The van der Waals surface area contributed by atoms with Crippen LogP contribution in [0.1, 0.15) is 17.9 Å². The second kappa shape index (κ2) is 4.16. The van der Waals surface area contributed by atoms with E-state index in [0.717, 1.165) is 24.4 Å². The third-order valence-electron chi connectivity index (χ3n) is 1.48. The van der Waals surface area contributed by atoms with Crippen LogP contribution in [0, 0.1) is 6.92 Å². The van der Waals surface area contributed by atoms with Crippen molar-refractivity contribution in [2.45, 2.75) is 19.8 Å². The first kappa shape index (κ1) is 8.30. The van der Waals surface area contributed by atoms with Crippen LogP contribution in [-0.4, -0.2) is 6.61 Å². The van der Waals surface area contributed by atoms with Crippen molar-refractivity contribution in [1.82, 2.24) is 0 Å². The average molecular weight is 155 g/mol. The van der Waals surface area contributed by atoms with E-state index in [-0.39, 0.29) is 0 Å². The molecule has 1 rings (SSSR count). The molecule has 62 valence electrons. The van der Waals surface area contributed by atoms with Crippen molar-refractivity contribution in [3.8, 4) is 0 Å². The Hall–Kier alpha value is -0.800. The lowest BCUT2D eigenvalue weighted by atomic mass is 10.3. The molecule has 3 heteroatoms. The fourth-order valence-electron chi connectivity index (χ4n) is 0.949. The van der Waals surface area contributed by atoms with Crippen molar-refractivity contribution >= 4 is 0 Å². The molecule has 0 amide bonds. The molecule has 0 radical (unpaired) electrons. The molecule has 1 heterocycles. The van der Waals surface area contributed by atoms with Gasteiger partial charge in [-0.15, -0.1) is 0 Å². The minimum absolute atomic E-state index is 0.583. The Morgan fingerprint density at radius 3 is 2.91 bits per heavy atom. The topological polar surface area (TPSA) is 48.4 Å². The molecule has 0 bridgehead atoms. The quantitative estimate of drug-likeness (QED) is 0.528. The molecule has 0 saturated carbocycles.